The zero-order valence-corrected chi connectivity index (χ0v) is 14.0. The minimum atomic E-state index is -1.07. The van der Waals surface area contributed by atoms with Crippen molar-refractivity contribution in [2.75, 3.05) is 27.4 Å². The highest BCUT2D eigenvalue weighted by molar-refractivity contribution is 5.32. The molecule has 3 fully saturated rings. The van der Waals surface area contributed by atoms with Crippen molar-refractivity contribution in [1.29, 1.82) is 0 Å². The molecule has 23 heavy (non-hydrogen) atoms. The predicted octanol–water partition coefficient (Wildman–Crippen LogP) is 2.56. The van der Waals surface area contributed by atoms with Gasteiger partial charge in [0.15, 0.2) is 0 Å². The van der Waals surface area contributed by atoms with Crippen molar-refractivity contribution in [3.63, 3.8) is 0 Å². The van der Waals surface area contributed by atoms with Crippen LogP contribution >= 0.6 is 0 Å². The Morgan fingerprint density at radius 3 is 2.04 bits per heavy atom. The van der Waals surface area contributed by atoms with Crippen LogP contribution in [0.3, 0.4) is 0 Å². The Morgan fingerprint density at radius 1 is 0.826 bits per heavy atom. The number of fused-ring (bicyclic) bond motifs is 3. The van der Waals surface area contributed by atoms with E-state index < -0.39 is 11.6 Å². The van der Waals surface area contributed by atoms with Crippen LogP contribution in [0.5, 0.6) is 0 Å². The molecule has 2 saturated heterocycles. The average molecular weight is 322 g/mol. The maximum absolute atomic E-state index is 6.32. The molecule has 4 atom stereocenters. The molecule has 0 unspecified atom stereocenters. The van der Waals surface area contributed by atoms with E-state index in [0.717, 1.165) is 6.42 Å². The van der Waals surface area contributed by atoms with Gasteiger partial charge in [0.05, 0.1) is 19.3 Å². The minimum absolute atomic E-state index is 0.366. The normalized spacial score (nSPS) is 49.0. The maximum atomic E-state index is 6.32. The van der Waals surface area contributed by atoms with Crippen LogP contribution < -0.4 is 0 Å². The van der Waals surface area contributed by atoms with Crippen molar-refractivity contribution in [1.82, 2.24) is 0 Å². The topological polar surface area (TPSA) is 46.2 Å². The molecule has 5 heteroatoms. The third-order valence-corrected chi connectivity index (χ3v) is 5.82. The molecule has 0 amide bonds. The summed E-state index contributed by atoms with van der Waals surface area (Å²) in [5.41, 5.74) is -0.379. The lowest BCUT2D eigenvalue weighted by Gasteiger charge is -2.52. The Morgan fingerprint density at radius 2 is 1.43 bits per heavy atom. The second-order valence-corrected chi connectivity index (χ2v) is 6.86. The van der Waals surface area contributed by atoms with Crippen LogP contribution in [0.2, 0.25) is 0 Å². The molecule has 0 N–H and O–H groups in total. The van der Waals surface area contributed by atoms with Crippen molar-refractivity contribution in [2.24, 2.45) is 5.92 Å². The largest absolute Gasteiger partial charge is 0.363 e. The lowest BCUT2D eigenvalue weighted by atomic mass is 9.74. The monoisotopic (exact) mass is 322 g/mol. The molecule has 4 rings (SSSR count). The highest BCUT2D eigenvalue weighted by atomic mass is 16.8. The van der Waals surface area contributed by atoms with E-state index in [-0.39, 0.29) is 5.60 Å². The Labute approximate surface area is 137 Å². The van der Waals surface area contributed by atoms with E-state index in [9.17, 15) is 0 Å². The Hall–Kier alpha value is -0.720. The number of rotatable bonds is 2. The summed E-state index contributed by atoms with van der Waals surface area (Å²) in [4.78, 5) is 0. The molecule has 2 aliphatic heterocycles. The molecular weight excluding hydrogens is 296 g/mol. The zero-order valence-electron chi connectivity index (χ0n) is 14.0. The van der Waals surface area contributed by atoms with Crippen LogP contribution in [-0.4, -0.2) is 50.7 Å². The highest BCUT2D eigenvalue weighted by Gasteiger charge is 2.60. The number of hydrogen-bond acceptors (Lipinski definition) is 5. The van der Waals surface area contributed by atoms with Crippen molar-refractivity contribution in [3.05, 3.63) is 24.3 Å². The van der Waals surface area contributed by atoms with Crippen LogP contribution in [0.15, 0.2) is 24.3 Å². The zero-order chi connectivity index (χ0) is 16.0. The Kier molecular flexibility index (Phi) is 3.89. The molecule has 0 aromatic heterocycles. The molecular formula is C18H26O5. The lowest BCUT2D eigenvalue weighted by Crippen LogP contribution is -2.61. The van der Waals surface area contributed by atoms with Gasteiger partial charge in [-0.2, -0.15) is 0 Å². The van der Waals surface area contributed by atoms with Crippen molar-refractivity contribution >= 4 is 0 Å². The second kappa shape index (κ2) is 5.67. The first-order valence-electron chi connectivity index (χ1n) is 8.66. The van der Waals surface area contributed by atoms with Crippen LogP contribution in [0.25, 0.3) is 0 Å². The van der Waals surface area contributed by atoms with E-state index in [4.69, 9.17) is 23.7 Å². The van der Waals surface area contributed by atoms with Gasteiger partial charge in [-0.25, -0.2) is 0 Å². The second-order valence-electron chi connectivity index (χ2n) is 6.86. The molecule has 1 saturated carbocycles. The summed E-state index contributed by atoms with van der Waals surface area (Å²) in [6.07, 6.45) is 14.6. The molecule has 2 heterocycles. The fourth-order valence-corrected chi connectivity index (χ4v) is 4.52. The molecule has 0 aromatic carbocycles. The van der Waals surface area contributed by atoms with E-state index in [1.807, 2.05) is 12.2 Å². The van der Waals surface area contributed by atoms with Gasteiger partial charge in [0, 0.05) is 20.1 Å². The minimum Gasteiger partial charge on any atom is -0.363 e. The summed E-state index contributed by atoms with van der Waals surface area (Å²) in [5, 5.41) is 0. The molecule has 2 aliphatic carbocycles. The van der Waals surface area contributed by atoms with Gasteiger partial charge >= 0.3 is 0 Å². The van der Waals surface area contributed by atoms with E-state index in [1.165, 1.54) is 25.7 Å². The predicted molar refractivity (Wildman–Crippen MR) is 83.8 cm³/mol. The Bertz CT molecular complexity index is 486. The van der Waals surface area contributed by atoms with Gasteiger partial charge in [-0.1, -0.05) is 19.3 Å². The fourth-order valence-electron chi connectivity index (χ4n) is 4.52. The molecule has 0 radical (unpaired) electrons. The van der Waals surface area contributed by atoms with E-state index in [1.54, 1.807) is 14.2 Å². The van der Waals surface area contributed by atoms with Crippen LogP contribution in [0.4, 0.5) is 0 Å². The summed E-state index contributed by atoms with van der Waals surface area (Å²) < 4.78 is 29.6. The molecule has 0 bridgehead atoms. The summed E-state index contributed by atoms with van der Waals surface area (Å²) in [5.74, 6) is -1.63. The van der Waals surface area contributed by atoms with Gasteiger partial charge in [0.1, 0.15) is 5.60 Å². The van der Waals surface area contributed by atoms with Gasteiger partial charge in [-0.05, 0) is 37.1 Å². The standard InChI is InChI=1S/C18H26O5/c1-19-17-10-8-16(14-6-4-3-5-7-15(14)23-16)9-11-18(17,20-2)22-13-12-21-17/h8-11,14-15H,3-7,12-13H2,1-2H3/t14-,15+,17-,18-/m0/s1. The van der Waals surface area contributed by atoms with Gasteiger partial charge in [-0.15, -0.1) is 0 Å². The van der Waals surface area contributed by atoms with Gasteiger partial charge in [0.2, 0.25) is 11.6 Å². The molecule has 4 aliphatic rings. The van der Waals surface area contributed by atoms with E-state index in [2.05, 4.69) is 12.2 Å². The first-order valence-corrected chi connectivity index (χ1v) is 8.66. The van der Waals surface area contributed by atoms with Crippen molar-refractivity contribution in [2.45, 2.75) is 55.4 Å². The van der Waals surface area contributed by atoms with Crippen LogP contribution in [0, 0.1) is 5.92 Å². The van der Waals surface area contributed by atoms with Gasteiger partial charge in [0.25, 0.3) is 0 Å². The summed E-state index contributed by atoms with van der Waals surface area (Å²) in [6, 6.07) is 0. The summed E-state index contributed by atoms with van der Waals surface area (Å²) in [6.45, 7) is 0.939. The summed E-state index contributed by atoms with van der Waals surface area (Å²) in [7, 11) is 3.24. The van der Waals surface area contributed by atoms with Crippen LogP contribution in [-0.2, 0) is 23.7 Å². The lowest BCUT2D eigenvalue weighted by molar-refractivity contribution is -0.389. The third-order valence-electron chi connectivity index (χ3n) is 5.82. The Balaban J connectivity index is 1.71. The first-order chi connectivity index (χ1) is 11.2. The number of methoxy groups -OCH3 is 2. The smallest absolute Gasteiger partial charge is 0.248 e. The van der Waals surface area contributed by atoms with Crippen molar-refractivity contribution in [3.8, 4) is 0 Å². The quantitative estimate of drug-likeness (QED) is 0.731. The molecule has 128 valence electrons. The van der Waals surface area contributed by atoms with E-state index in [0.29, 0.717) is 25.2 Å². The molecule has 0 aromatic rings. The molecule has 5 nitrogen and oxygen atoms in total. The SMILES string of the molecule is CO[C@]12C=CC3(C=C[C@]1(OC)OCCO2)O[C@@H]1CCCCC[C@@H]13. The van der Waals surface area contributed by atoms with E-state index >= 15 is 0 Å². The van der Waals surface area contributed by atoms with Crippen LogP contribution in [0.1, 0.15) is 32.1 Å². The average Bonchev–Trinajstić information content (AvgIpc) is 2.87. The fraction of sp³-hybridized carbons (Fsp3) is 0.778. The number of ether oxygens (including phenoxy) is 5. The third kappa shape index (κ3) is 2.18. The summed E-state index contributed by atoms with van der Waals surface area (Å²) >= 11 is 0. The van der Waals surface area contributed by atoms with Gasteiger partial charge in [-0.3, -0.25) is 0 Å². The van der Waals surface area contributed by atoms with Gasteiger partial charge < -0.3 is 23.7 Å². The maximum Gasteiger partial charge on any atom is 0.248 e. The highest BCUT2D eigenvalue weighted by Crippen LogP contribution is 2.51. The molecule has 1 spiro atoms. The first kappa shape index (κ1) is 15.8. The van der Waals surface area contributed by atoms with Crippen molar-refractivity contribution < 1.29 is 23.7 Å². The number of hydrogen-bond donors (Lipinski definition) is 0.